The molecule has 1 rings (SSSR count). The predicted molar refractivity (Wildman–Crippen MR) is 54.0 cm³/mol. The molecule has 0 aliphatic heterocycles. The van der Waals surface area contributed by atoms with E-state index in [0.29, 0.717) is 0 Å². The van der Waals surface area contributed by atoms with Gasteiger partial charge in [0.15, 0.2) is 5.78 Å². The van der Waals surface area contributed by atoms with Gasteiger partial charge in [-0.2, -0.15) is 8.42 Å². The maximum Gasteiger partial charge on any atom is 0.306 e. The summed E-state index contributed by atoms with van der Waals surface area (Å²) in [6, 6.07) is 0. The molecule has 0 fully saturated rings. The van der Waals surface area contributed by atoms with E-state index in [0.717, 1.165) is 6.26 Å². The van der Waals surface area contributed by atoms with E-state index in [4.69, 9.17) is 0 Å². The van der Waals surface area contributed by atoms with Crippen molar-refractivity contribution in [2.75, 3.05) is 13.4 Å². The molecular weight excluding hydrogens is 236 g/mol. The summed E-state index contributed by atoms with van der Waals surface area (Å²) in [7, 11) is -2.47. The quantitative estimate of drug-likeness (QED) is 0.499. The van der Waals surface area contributed by atoms with Gasteiger partial charge in [0.25, 0.3) is 10.1 Å². The molecule has 16 heavy (non-hydrogen) atoms. The molecule has 0 unspecified atom stereocenters. The van der Waals surface area contributed by atoms with Gasteiger partial charge in [0.1, 0.15) is 6.10 Å². The van der Waals surface area contributed by atoms with Gasteiger partial charge >= 0.3 is 5.97 Å². The minimum Gasteiger partial charge on any atom is -0.469 e. The minimum atomic E-state index is -3.66. The lowest BCUT2D eigenvalue weighted by Crippen LogP contribution is -2.28. The van der Waals surface area contributed by atoms with Crippen molar-refractivity contribution < 1.29 is 26.9 Å². The molecule has 0 radical (unpaired) electrons. The molecule has 0 spiro atoms. The fourth-order valence-corrected chi connectivity index (χ4v) is 1.99. The third-order valence-corrected chi connectivity index (χ3v) is 2.68. The molecule has 0 amide bonds. The van der Waals surface area contributed by atoms with Gasteiger partial charge in [0.2, 0.25) is 0 Å². The van der Waals surface area contributed by atoms with E-state index >= 15 is 0 Å². The van der Waals surface area contributed by atoms with Gasteiger partial charge < -0.3 is 4.74 Å². The summed E-state index contributed by atoms with van der Waals surface area (Å²) in [5, 5.41) is 0. The number of hydrogen-bond acceptors (Lipinski definition) is 6. The number of esters is 1. The van der Waals surface area contributed by atoms with Crippen LogP contribution in [0.4, 0.5) is 0 Å². The van der Waals surface area contributed by atoms with Crippen LogP contribution < -0.4 is 0 Å². The molecule has 0 N–H and O–H groups in total. The molecule has 7 heteroatoms. The van der Waals surface area contributed by atoms with Crippen molar-refractivity contribution >= 4 is 21.9 Å². The molecule has 0 heterocycles. The highest BCUT2D eigenvalue weighted by Gasteiger charge is 2.35. The number of ketones is 1. The van der Waals surface area contributed by atoms with Gasteiger partial charge in [-0.05, 0) is 6.08 Å². The van der Waals surface area contributed by atoms with E-state index in [1.807, 2.05) is 0 Å². The van der Waals surface area contributed by atoms with Crippen molar-refractivity contribution in [3.05, 3.63) is 12.2 Å². The Morgan fingerprint density at radius 2 is 2.12 bits per heavy atom. The largest absolute Gasteiger partial charge is 0.469 e. The second kappa shape index (κ2) is 4.75. The van der Waals surface area contributed by atoms with E-state index in [2.05, 4.69) is 8.92 Å². The lowest BCUT2D eigenvalue weighted by molar-refractivity contribution is -0.144. The number of methoxy groups -OCH3 is 1. The summed E-state index contributed by atoms with van der Waals surface area (Å²) in [6.45, 7) is 0. The molecule has 0 saturated carbocycles. The molecule has 6 nitrogen and oxygen atoms in total. The number of rotatable bonds is 4. The van der Waals surface area contributed by atoms with Crippen LogP contribution in [0.3, 0.4) is 0 Å². The van der Waals surface area contributed by atoms with Crippen LogP contribution in [0.1, 0.15) is 6.42 Å². The first-order valence-corrected chi connectivity index (χ1v) is 6.32. The second-order valence-electron chi connectivity index (χ2n) is 3.41. The van der Waals surface area contributed by atoms with Crippen LogP contribution in [-0.2, 0) is 28.6 Å². The van der Waals surface area contributed by atoms with Crippen LogP contribution in [0.15, 0.2) is 12.2 Å². The number of ether oxygens (including phenoxy) is 1. The van der Waals surface area contributed by atoms with Gasteiger partial charge in [0, 0.05) is 0 Å². The average molecular weight is 248 g/mol. The fourth-order valence-electron chi connectivity index (χ4n) is 1.39. The van der Waals surface area contributed by atoms with E-state index in [-0.39, 0.29) is 12.2 Å². The van der Waals surface area contributed by atoms with Crippen molar-refractivity contribution in [3.8, 4) is 0 Å². The fraction of sp³-hybridized carbons (Fsp3) is 0.556. The van der Waals surface area contributed by atoms with E-state index in [9.17, 15) is 18.0 Å². The Bertz CT molecular complexity index is 421. The van der Waals surface area contributed by atoms with E-state index in [1.165, 1.54) is 19.3 Å². The second-order valence-corrected chi connectivity index (χ2v) is 5.01. The smallest absolute Gasteiger partial charge is 0.306 e. The zero-order valence-corrected chi connectivity index (χ0v) is 9.69. The summed E-state index contributed by atoms with van der Waals surface area (Å²) < 4.78 is 30.9. The van der Waals surface area contributed by atoms with Crippen molar-refractivity contribution in [2.24, 2.45) is 5.92 Å². The summed E-state index contributed by atoms with van der Waals surface area (Å²) in [5.41, 5.74) is 0. The standard InChI is InChI=1S/C9H12O6S/c1-14-9(11)5-6-7(10)3-4-8(6)15-16(2,12)13/h3-4,6,8H,5H2,1-2H3/t6-,8-/m1/s1. The van der Waals surface area contributed by atoms with Gasteiger partial charge in [-0.15, -0.1) is 0 Å². The van der Waals surface area contributed by atoms with Crippen LogP contribution in [0.2, 0.25) is 0 Å². The third kappa shape index (κ3) is 3.42. The number of hydrogen-bond donors (Lipinski definition) is 0. The van der Waals surface area contributed by atoms with Crippen molar-refractivity contribution in [2.45, 2.75) is 12.5 Å². The zero-order valence-electron chi connectivity index (χ0n) is 8.87. The van der Waals surface area contributed by atoms with Crippen LogP contribution in [0, 0.1) is 5.92 Å². The van der Waals surface area contributed by atoms with Gasteiger partial charge in [-0.25, -0.2) is 0 Å². The molecule has 0 aromatic carbocycles. The summed E-state index contributed by atoms with van der Waals surface area (Å²) >= 11 is 0. The monoisotopic (exact) mass is 248 g/mol. The number of carbonyl (C=O) groups excluding carboxylic acids is 2. The molecule has 2 atom stereocenters. The lowest BCUT2D eigenvalue weighted by Gasteiger charge is -2.15. The Balaban J connectivity index is 2.73. The van der Waals surface area contributed by atoms with Crippen molar-refractivity contribution in [1.82, 2.24) is 0 Å². The summed E-state index contributed by atoms with van der Waals surface area (Å²) in [4.78, 5) is 22.4. The topological polar surface area (TPSA) is 86.7 Å². The highest BCUT2D eigenvalue weighted by Crippen LogP contribution is 2.23. The van der Waals surface area contributed by atoms with Crippen LogP contribution in [0.25, 0.3) is 0 Å². The van der Waals surface area contributed by atoms with Crippen molar-refractivity contribution in [1.29, 1.82) is 0 Å². The molecular formula is C9H12O6S. The van der Waals surface area contributed by atoms with Crippen LogP contribution in [0.5, 0.6) is 0 Å². The highest BCUT2D eigenvalue weighted by atomic mass is 32.2. The van der Waals surface area contributed by atoms with Gasteiger partial charge in [0.05, 0.1) is 25.7 Å². The highest BCUT2D eigenvalue weighted by molar-refractivity contribution is 7.86. The molecule has 0 aromatic rings. The van der Waals surface area contributed by atoms with Crippen molar-refractivity contribution in [3.63, 3.8) is 0 Å². The SMILES string of the molecule is COC(=O)C[C@@H]1C(=O)C=C[C@H]1OS(C)(=O)=O. The maximum atomic E-state index is 11.4. The third-order valence-electron chi connectivity index (χ3n) is 2.11. The first kappa shape index (κ1) is 12.9. The molecule has 90 valence electrons. The predicted octanol–water partition coefficient (Wildman–Crippen LogP) is -0.351. The van der Waals surface area contributed by atoms with Gasteiger partial charge in [-0.3, -0.25) is 13.8 Å². The first-order chi connectivity index (χ1) is 7.33. The normalized spacial score (nSPS) is 24.8. The Morgan fingerprint density at radius 1 is 1.50 bits per heavy atom. The van der Waals surface area contributed by atoms with Crippen LogP contribution in [-0.4, -0.2) is 39.6 Å². The summed E-state index contributed by atoms with van der Waals surface area (Å²) in [5.74, 6) is -1.73. The van der Waals surface area contributed by atoms with Crippen LogP contribution >= 0.6 is 0 Å². The van der Waals surface area contributed by atoms with E-state index < -0.39 is 28.1 Å². The number of allylic oxidation sites excluding steroid dienone is 1. The average Bonchev–Trinajstić information content (AvgIpc) is 2.47. The first-order valence-electron chi connectivity index (χ1n) is 4.50. The molecule has 1 aliphatic rings. The summed E-state index contributed by atoms with van der Waals surface area (Å²) in [6.07, 6.45) is 2.32. The molecule has 0 saturated heterocycles. The Kier molecular flexibility index (Phi) is 3.82. The maximum absolute atomic E-state index is 11.4. The Morgan fingerprint density at radius 3 is 2.62 bits per heavy atom. The zero-order chi connectivity index (χ0) is 12.3. The molecule has 0 bridgehead atoms. The minimum absolute atomic E-state index is 0.192. The Hall–Kier alpha value is -1.21. The Labute approximate surface area is 93.3 Å². The number of carbonyl (C=O) groups is 2. The molecule has 1 aliphatic carbocycles. The van der Waals surface area contributed by atoms with Gasteiger partial charge in [-0.1, -0.05) is 6.08 Å². The molecule has 0 aromatic heterocycles. The van der Waals surface area contributed by atoms with E-state index in [1.54, 1.807) is 0 Å². The lowest BCUT2D eigenvalue weighted by atomic mass is 10.00.